The number of amides is 1. The lowest BCUT2D eigenvalue weighted by Gasteiger charge is -2.15. The fourth-order valence-corrected chi connectivity index (χ4v) is 3.44. The van der Waals surface area contributed by atoms with Crippen LogP contribution in [0.5, 0.6) is 0 Å². The second-order valence-corrected chi connectivity index (χ2v) is 7.19. The molecule has 1 atom stereocenters. The number of nitriles is 1. The normalized spacial score (nSPS) is 11.9. The Hall–Kier alpha value is -3.04. The Morgan fingerprint density at radius 2 is 2.21 bits per heavy atom. The summed E-state index contributed by atoms with van der Waals surface area (Å²) in [6.45, 7) is 2.79. The number of rotatable bonds is 8. The van der Waals surface area contributed by atoms with Gasteiger partial charge in [0.1, 0.15) is 5.82 Å². The van der Waals surface area contributed by atoms with Crippen LogP contribution in [-0.4, -0.2) is 22.4 Å². The summed E-state index contributed by atoms with van der Waals surface area (Å²) in [7, 11) is 0. The molecule has 144 valence electrons. The maximum Gasteiger partial charge on any atom is 0.217 e. The lowest BCUT2D eigenvalue weighted by Crippen LogP contribution is -2.18. The van der Waals surface area contributed by atoms with Crippen LogP contribution in [-0.2, 0) is 4.79 Å². The molecule has 1 amide bonds. The minimum atomic E-state index is -0.276. The Bertz CT molecular complexity index is 1040. The molecular weight excluding hydrogens is 374 g/mol. The molecule has 0 spiro atoms. The Morgan fingerprint density at radius 3 is 2.89 bits per heavy atom. The van der Waals surface area contributed by atoms with Crippen molar-refractivity contribution in [3.05, 3.63) is 47.2 Å². The number of nitrogens with zero attached hydrogens (tertiary/aromatic N) is 2. The molecule has 1 unspecified atom stereocenters. The number of nitrogens with two attached hydrogens (primary N) is 1. The van der Waals surface area contributed by atoms with Crippen molar-refractivity contribution in [1.29, 1.82) is 5.26 Å². The summed E-state index contributed by atoms with van der Waals surface area (Å²) in [5.41, 5.74) is 8.47. The van der Waals surface area contributed by atoms with Crippen LogP contribution in [0.3, 0.4) is 0 Å². The van der Waals surface area contributed by atoms with Crippen LogP contribution in [0.2, 0.25) is 5.02 Å². The van der Waals surface area contributed by atoms with Gasteiger partial charge in [-0.2, -0.15) is 5.26 Å². The summed E-state index contributed by atoms with van der Waals surface area (Å²) in [5, 5.41) is 13.9. The van der Waals surface area contributed by atoms with E-state index in [1.165, 1.54) is 0 Å². The summed E-state index contributed by atoms with van der Waals surface area (Å²) in [6, 6.07) is 9.45. The molecule has 0 saturated heterocycles. The maximum atomic E-state index is 11.0. The topological polar surface area (TPSA) is 108 Å². The highest BCUT2D eigenvalue weighted by Gasteiger charge is 2.13. The van der Waals surface area contributed by atoms with E-state index in [1.54, 1.807) is 18.3 Å². The maximum absolute atomic E-state index is 11.0. The number of carbonyl (C=O) groups excluding carboxylic acids is 1. The van der Waals surface area contributed by atoms with Gasteiger partial charge >= 0.3 is 0 Å². The number of hydrogen-bond donors (Lipinski definition) is 3. The van der Waals surface area contributed by atoms with Crippen molar-refractivity contribution >= 4 is 34.2 Å². The van der Waals surface area contributed by atoms with E-state index in [0.717, 1.165) is 34.9 Å². The van der Waals surface area contributed by atoms with Gasteiger partial charge in [0.2, 0.25) is 5.91 Å². The van der Waals surface area contributed by atoms with Crippen LogP contribution >= 0.6 is 11.6 Å². The standard InChI is InChI=1S/C21H22ClN5O/c1-2-13(4-6-20(24)28)10-26-21-8-18(22)17(12-27-21)16-11-25-19-5-3-14(9-23)7-15(16)19/h3,5,7-8,11-13,25H,2,4,6,10H2,1H3,(H2,24,28)(H,26,27). The first-order valence-corrected chi connectivity index (χ1v) is 9.59. The summed E-state index contributed by atoms with van der Waals surface area (Å²) < 4.78 is 0. The van der Waals surface area contributed by atoms with Gasteiger partial charge in [0.25, 0.3) is 0 Å². The molecular formula is C21H22ClN5O. The van der Waals surface area contributed by atoms with Crippen molar-refractivity contribution in [3.8, 4) is 17.2 Å². The monoisotopic (exact) mass is 395 g/mol. The molecule has 4 N–H and O–H groups in total. The minimum Gasteiger partial charge on any atom is -0.370 e. The van der Waals surface area contributed by atoms with E-state index in [9.17, 15) is 4.79 Å². The molecule has 0 bridgehead atoms. The Balaban J connectivity index is 1.78. The summed E-state index contributed by atoms with van der Waals surface area (Å²) in [6.07, 6.45) is 5.69. The van der Waals surface area contributed by atoms with Gasteiger partial charge < -0.3 is 16.0 Å². The zero-order valence-electron chi connectivity index (χ0n) is 15.6. The average molecular weight is 396 g/mol. The van der Waals surface area contributed by atoms with Crippen molar-refractivity contribution in [2.75, 3.05) is 11.9 Å². The number of nitrogens with one attached hydrogen (secondary N) is 2. The van der Waals surface area contributed by atoms with Gasteiger partial charge in [-0.1, -0.05) is 24.9 Å². The van der Waals surface area contributed by atoms with E-state index in [-0.39, 0.29) is 5.91 Å². The number of fused-ring (bicyclic) bond motifs is 1. The molecule has 7 heteroatoms. The zero-order chi connectivity index (χ0) is 20.1. The van der Waals surface area contributed by atoms with Crippen molar-refractivity contribution in [2.24, 2.45) is 11.7 Å². The van der Waals surface area contributed by atoms with Gasteiger partial charge in [-0.15, -0.1) is 0 Å². The molecule has 0 fully saturated rings. The van der Waals surface area contributed by atoms with Crippen LogP contribution in [0.1, 0.15) is 31.7 Å². The lowest BCUT2D eigenvalue weighted by molar-refractivity contribution is -0.118. The summed E-state index contributed by atoms with van der Waals surface area (Å²) >= 11 is 6.53. The molecule has 0 aliphatic rings. The van der Waals surface area contributed by atoms with E-state index in [2.05, 4.69) is 28.3 Å². The first-order chi connectivity index (χ1) is 13.5. The highest BCUT2D eigenvalue weighted by molar-refractivity contribution is 6.34. The van der Waals surface area contributed by atoms with E-state index < -0.39 is 0 Å². The van der Waals surface area contributed by atoms with Gasteiger partial charge in [-0.05, 0) is 36.6 Å². The minimum absolute atomic E-state index is 0.276. The number of hydrogen-bond acceptors (Lipinski definition) is 4. The van der Waals surface area contributed by atoms with Gasteiger partial charge in [-0.3, -0.25) is 4.79 Å². The Labute approximate surface area is 168 Å². The number of aromatic amines is 1. The number of pyridine rings is 1. The highest BCUT2D eigenvalue weighted by atomic mass is 35.5. The molecule has 28 heavy (non-hydrogen) atoms. The predicted octanol–water partition coefficient (Wildman–Crippen LogP) is 4.46. The molecule has 2 heterocycles. The largest absolute Gasteiger partial charge is 0.370 e. The average Bonchev–Trinajstić information content (AvgIpc) is 3.11. The third kappa shape index (κ3) is 4.44. The number of H-pyrrole nitrogens is 1. The van der Waals surface area contributed by atoms with Gasteiger partial charge in [0, 0.05) is 47.4 Å². The van der Waals surface area contributed by atoms with Crippen LogP contribution in [0.25, 0.3) is 22.0 Å². The zero-order valence-corrected chi connectivity index (χ0v) is 16.4. The Kier molecular flexibility index (Phi) is 6.17. The van der Waals surface area contributed by atoms with Crippen LogP contribution < -0.4 is 11.1 Å². The van der Waals surface area contributed by atoms with E-state index in [0.29, 0.717) is 35.3 Å². The van der Waals surface area contributed by atoms with Crippen LogP contribution in [0.4, 0.5) is 5.82 Å². The van der Waals surface area contributed by atoms with Crippen molar-refractivity contribution in [1.82, 2.24) is 9.97 Å². The quantitative estimate of drug-likeness (QED) is 0.523. The second kappa shape index (κ2) is 8.77. The SMILES string of the molecule is CCC(CCC(N)=O)CNc1cc(Cl)c(-c2c[nH]c3ccc(C#N)cc23)cn1. The lowest BCUT2D eigenvalue weighted by atomic mass is 10.00. The number of halogens is 1. The highest BCUT2D eigenvalue weighted by Crippen LogP contribution is 2.34. The number of aromatic nitrogens is 2. The number of anilines is 1. The first kappa shape index (κ1) is 19.7. The van der Waals surface area contributed by atoms with Gasteiger partial charge in [-0.25, -0.2) is 4.98 Å². The van der Waals surface area contributed by atoms with Crippen molar-refractivity contribution in [2.45, 2.75) is 26.2 Å². The summed E-state index contributed by atoms with van der Waals surface area (Å²) in [5.74, 6) is 0.747. The van der Waals surface area contributed by atoms with E-state index in [1.807, 2.05) is 18.3 Å². The number of carbonyl (C=O) groups is 1. The fourth-order valence-electron chi connectivity index (χ4n) is 3.18. The smallest absolute Gasteiger partial charge is 0.217 e. The molecule has 2 aromatic heterocycles. The third-order valence-electron chi connectivity index (χ3n) is 4.90. The number of primary amides is 1. The van der Waals surface area contributed by atoms with Crippen molar-refractivity contribution < 1.29 is 4.79 Å². The molecule has 3 rings (SSSR count). The van der Waals surface area contributed by atoms with Crippen LogP contribution in [0, 0.1) is 17.2 Å². The van der Waals surface area contributed by atoms with Crippen LogP contribution in [0.15, 0.2) is 36.7 Å². The Morgan fingerprint density at radius 1 is 1.39 bits per heavy atom. The molecule has 0 radical (unpaired) electrons. The predicted molar refractivity (Wildman–Crippen MR) is 112 cm³/mol. The molecule has 0 saturated carbocycles. The van der Waals surface area contributed by atoms with Crippen molar-refractivity contribution in [3.63, 3.8) is 0 Å². The fraction of sp³-hybridized carbons (Fsp3) is 0.286. The summed E-state index contributed by atoms with van der Waals surface area (Å²) in [4.78, 5) is 18.7. The molecule has 0 aliphatic carbocycles. The molecule has 6 nitrogen and oxygen atoms in total. The van der Waals surface area contributed by atoms with E-state index in [4.69, 9.17) is 22.6 Å². The third-order valence-corrected chi connectivity index (χ3v) is 5.22. The molecule has 0 aliphatic heterocycles. The first-order valence-electron chi connectivity index (χ1n) is 9.21. The van der Waals surface area contributed by atoms with E-state index >= 15 is 0 Å². The molecule has 3 aromatic rings. The number of benzene rings is 1. The van der Waals surface area contributed by atoms with Gasteiger partial charge in [0.05, 0.1) is 16.7 Å². The second-order valence-electron chi connectivity index (χ2n) is 6.78. The van der Waals surface area contributed by atoms with Gasteiger partial charge in [0.15, 0.2) is 0 Å². The molecule has 1 aromatic carbocycles.